The molecule has 3 nitrogen and oxygen atoms in total. The summed E-state index contributed by atoms with van der Waals surface area (Å²) in [5.74, 6) is 0.147. The van der Waals surface area contributed by atoms with Crippen molar-refractivity contribution in [3.8, 4) is 11.1 Å². The van der Waals surface area contributed by atoms with Crippen molar-refractivity contribution in [2.24, 2.45) is 5.41 Å². The average Bonchev–Trinajstić information content (AvgIpc) is 2.99. The molecule has 0 unspecified atom stereocenters. The van der Waals surface area contributed by atoms with Gasteiger partial charge in [-0.1, -0.05) is 55.0 Å². The average molecular weight is 347 g/mol. The third-order valence-electron chi connectivity index (χ3n) is 6.67. The number of rotatable bonds is 2. The second kappa shape index (κ2) is 6.15. The summed E-state index contributed by atoms with van der Waals surface area (Å²) in [6, 6.07) is 17.0. The highest BCUT2D eigenvalue weighted by molar-refractivity contribution is 5.79. The lowest BCUT2D eigenvalue weighted by Gasteiger charge is -2.48. The molecule has 0 aromatic heterocycles. The van der Waals surface area contributed by atoms with Gasteiger partial charge >= 0.3 is 6.09 Å². The van der Waals surface area contributed by atoms with Gasteiger partial charge in [-0.2, -0.15) is 0 Å². The number of likely N-dealkylation sites (tertiary alicyclic amines) is 1. The zero-order valence-electron chi connectivity index (χ0n) is 15.1. The number of carbonyl (C=O) groups excluding carboxylic acids is 1. The molecule has 0 N–H and O–H groups in total. The Balaban J connectivity index is 1.31. The number of ether oxygens (including phenoxy) is 1. The fraction of sp³-hybridized carbons (Fsp3) is 0.435. The lowest BCUT2D eigenvalue weighted by Crippen LogP contribution is -2.49. The summed E-state index contributed by atoms with van der Waals surface area (Å²) in [6.07, 6.45) is 6.14. The first-order valence-electron chi connectivity index (χ1n) is 9.86. The van der Waals surface area contributed by atoms with Crippen molar-refractivity contribution in [3.05, 3.63) is 59.7 Å². The largest absolute Gasteiger partial charge is 0.448 e. The number of benzene rings is 2. The number of hydrogen-bond acceptors (Lipinski definition) is 2. The van der Waals surface area contributed by atoms with Crippen molar-refractivity contribution in [2.75, 3.05) is 19.7 Å². The molecule has 1 saturated heterocycles. The number of fused-ring (bicyclic) bond motifs is 3. The maximum atomic E-state index is 12.7. The summed E-state index contributed by atoms with van der Waals surface area (Å²) < 4.78 is 5.83. The first-order valence-corrected chi connectivity index (χ1v) is 9.86. The van der Waals surface area contributed by atoms with Crippen LogP contribution in [0.5, 0.6) is 0 Å². The second-order valence-corrected chi connectivity index (χ2v) is 8.18. The van der Waals surface area contributed by atoms with Gasteiger partial charge in [-0.3, -0.25) is 0 Å². The summed E-state index contributed by atoms with van der Waals surface area (Å²) in [4.78, 5) is 14.7. The van der Waals surface area contributed by atoms with Crippen molar-refractivity contribution in [1.29, 1.82) is 0 Å². The molecule has 0 bridgehead atoms. The van der Waals surface area contributed by atoms with E-state index in [1.165, 1.54) is 47.9 Å². The molecule has 2 aromatic carbocycles. The molecule has 26 heavy (non-hydrogen) atoms. The molecule has 2 fully saturated rings. The van der Waals surface area contributed by atoms with Crippen LogP contribution in [0.4, 0.5) is 4.79 Å². The van der Waals surface area contributed by atoms with Crippen LogP contribution < -0.4 is 0 Å². The Morgan fingerprint density at radius 2 is 1.58 bits per heavy atom. The highest BCUT2D eigenvalue weighted by atomic mass is 16.6. The van der Waals surface area contributed by atoms with Crippen molar-refractivity contribution in [2.45, 2.75) is 38.0 Å². The maximum Gasteiger partial charge on any atom is 0.409 e. The zero-order valence-corrected chi connectivity index (χ0v) is 15.1. The Kier molecular flexibility index (Phi) is 3.77. The Morgan fingerprint density at radius 3 is 2.19 bits per heavy atom. The van der Waals surface area contributed by atoms with Crippen molar-refractivity contribution in [1.82, 2.24) is 4.90 Å². The summed E-state index contributed by atoms with van der Waals surface area (Å²) in [7, 11) is 0. The van der Waals surface area contributed by atoms with Crippen LogP contribution >= 0.6 is 0 Å². The van der Waals surface area contributed by atoms with Gasteiger partial charge in [0, 0.05) is 19.0 Å². The van der Waals surface area contributed by atoms with Gasteiger partial charge in [0.25, 0.3) is 0 Å². The van der Waals surface area contributed by atoms with Gasteiger partial charge in [-0.05, 0) is 53.4 Å². The summed E-state index contributed by atoms with van der Waals surface area (Å²) in [6.45, 7) is 2.17. The van der Waals surface area contributed by atoms with Crippen molar-refractivity contribution >= 4 is 6.09 Å². The molecular weight excluding hydrogens is 322 g/mol. The van der Waals surface area contributed by atoms with Crippen LogP contribution in [0.15, 0.2) is 48.5 Å². The molecule has 1 saturated carbocycles. The third-order valence-corrected chi connectivity index (χ3v) is 6.67. The van der Waals surface area contributed by atoms with Crippen LogP contribution in [-0.4, -0.2) is 30.7 Å². The minimum atomic E-state index is -0.127. The van der Waals surface area contributed by atoms with Crippen LogP contribution in [0.1, 0.15) is 49.1 Å². The van der Waals surface area contributed by atoms with E-state index in [0.29, 0.717) is 12.0 Å². The molecule has 5 rings (SSSR count). The van der Waals surface area contributed by atoms with E-state index in [9.17, 15) is 4.79 Å². The SMILES string of the molecule is O=C(OCC1c2ccccc2-c2ccccc21)N1CCCC2(CCC2)C1. The van der Waals surface area contributed by atoms with Crippen LogP contribution in [-0.2, 0) is 4.74 Å². The molecule has 1 aliphatic heterocycles. The predicted octanol–water partition coefficient (Wildman–Crippen LogP) is 5.20. The Hall–Kier alpha value is -2.29. The van der Waals surface area contributed by atoms with Gasteiger partial charge in [-0.15, -0.1) is 0 Å². The van der Waals surface area contributed by atoms with Crippen molar-refractivity contribution < 1.29 is 9.53 Å². The van der Waals surface area contributed by atoms with E-state index in [1.807, 2.05) is 4.90 Å². The van der Waals surface area contributed by atoms with E-state index < -0.39 is 0 Å². The molecule has 2 aliphatic carbocycles. The molecule has 0 atom stereocenters. The fourth-order valence-electron chi connectivity index (χ4n) is 5.13. The Morgan fingerprint density at radius 1 is 0.962 bits per heavy atom. The van der Waals surface area contributed by atoms with Gasteiger partial charge < -0.3 is 9.64 Å². The second-order valence-electron chi connectivity index (χ2n) is 8.18. The fourth-order valence-corrected chi connectivity index (χ4v) is 5.13. The number of nitrogens with zero attached hydrogens (tertiary/aromatic N) is 1. The van der Waals surface area contributed by atoms with Crippen LogP contribution in [0, 0.1) is 5.41 Å². The summed E-state index contributed by atoms with van der Waals surface area (Å²) >= 11 is 0. The smallest absolute Gasteiger partial charge is 0.409 e. The molecule has 134 valence electrons. The van der Waals surface area contributed by atoms with Crippen LogP contribution in [0.2, 0.25) is 0 Å². The summed E-state index contributed by atoms with van der Waals surface area (Å²) in [5.41, 5.74) is 5.50. The van der Waals surface area contributed by atoms with E-state index in [2.05, 4.69) is 48.5 Å². The predicted molar refractivity (Wildman–Crippen MR) is 102 cm³/mol. The molecule has 3 heteroatoms. The third kappa shape index (κ3) is 2.53. The minimum absolute atomic E-state index is 0.127. The molecule has 1 amide bonds. The van der Waals surface area contributed by atoms with E-state index >= 15 is 0 Å². The van der Waals surface area contributed by atoms with Gasteiger partial charge in [0.05, 0.1) is 0 Å². The Labute approximate surface area is 155 Å². The molecule has 1 heterocycles. The van der Waals surface area contributed by atoms with Crippen LogP contribution in [0.25, 0.3) is 11.1 Å². The van der Waals surface area contributed by atoms with Gasteiger partial charge in [0.1, 0.15) is 6.61 Å². The van der Waals surface area contributed by atoms with E-state index in [-0.39, 0.29) is 12.0 Å². The standard InChI is InChI=1S/C23H25NO2/c25-22(24-14-6-13-23(16-24)11-5-12-23)26-15-21-19-9-3-1-7-17(19)18-8-2-4-10-20(18)21/h1-4,7-10,21H,5-6,11-16H2. The van der Waals surface area contributed by atoms with Gasteiger partial charge in [0.15, 0.2) is 0 Å². The van der Waals surface area contributed by atoms with Crippen LogP contribution in [0.3, 0.4) is 0 Å². The molecule has 0 radical (unpaired) electrons. The van der Waals surface area contributed by atoms with E-state index in [0.717, 1.165) is 19.5 Å². The molecular formula is C23H25NO2. The zero-order chi connectivity index (χ0) is 17.6. The lowest BCUT2D eigenvalue weighted by molar-refractivity contribution is 0.0131. The van der Waals surface area contributed by atoms with E-state index in [1.54, 1.807) is 0 Å². The highest BCUT2D eigenvalue weighted by Gasteiger charge is 2.42. The topological polar surface area (TPSA) is 29.5 Å². The van der Waals surface area contributed by atoms with Crippen molar-refractivity contribution in [3.63, 3.8) is 0 Å². The summed E-state index contributed by atoms with van der Waals surface area (Å²) in [5, 5.41) is 0. The Bertz CT molecular complexity index is 794. The maximum absolute atomic E-state index is 12.7. The number of amides is 1. The van der Waals surface area contributed by atoms with Gasteiger partial charge in [-0.25, -0.2) is 4.79 Å². The highest BCUT2D eigenvalue weighted by Crippen LogP contribution is 2.48. The first kappa shape index (κ1) is 15.9. The van der Waals surface area contributed by atoms with Gasteiger partial charge in [0.2, 0.25) is 0 Å². The minimum Gasteiger partial charge on any atom is -0.448 e. The van der Waals surface area contributed by atoms with E-state index in [4.69, 9.17) is 4.74 Å². The normalized spacial score (nSPS) is 20.4. The molecule has 1 spiro atoms. The lowest BCUT2D eigenvalue weighted by atomic mass is 9.64. The number of hydrogen-bond donors (Lipinski definition) is 0. The quantitative estimate of drug-likeness (QED) is 0.747. The first-order chi connectivity index (χ1) is 12.8. The number of carbonyl (C=O) groups is 1. The number of piperidine rings is 1. The monoisotopic (exact) mass is 347 g/mol. The molecule has 3 aliphatic rings. The molecule has 2 aromatic rings.